The Bertz CT molecular complexity index is 851. The number of hydrogen-bond acceptors (Lipinski definition) is 2. The molecule has 5 heteroatoms. The van der Waals surface area contributed by atoms with Crippen LogP contribution in [-0.4, -0.2) is 10.9 Å². The van der Waals surface area contributed by atoms with E-state index in [1.807, 2.05) is 6.07 Å². The zero-order chi connectivity index (χ0) is 17.6. The lowest BCUT2D eigenvalue weighted by molar-refractivity contribution is 0.0941. The number of pyridine rings is 1. The van der Waals surface area contributed by atoms with Crippen LogP contribution in [0.3, 0.4) is 0 Å². The first kappa shape index (κ1) is 16.8. The molecule has 0 saturated carbocycles. The summed E-state index contributed by atoms with van der Waals surface area (Å²) in [7, 11) is 0. The van der Waals surface area contributed by atoms with Crippen molar-refractivity contribution in [3.05, 3.63) is 101 Å². The van der Waals surface area contributed by atoms with Gasteiger partial charge in [0.1, 0.15) is 18.2 Å². The lowest BCUT2D eigenvalue weighted by atomic mass is 10.0. The topological polar surface area (TPSA) is 42.0 Å². The average Bonchev–Trinajstić information content (AvgIpc) is 2.67. The van der Waals surface area contributed by atoms with Gasteiger partial charge < -0.3 is 5.32 Å². The van der Waals surface area contributed by atoms with Crippen molar-refractivity contribution in [1.82, 2.24) is 10.3 Å². The van der Waals surface area contributed by atoms with Gasteiger partial charge >= 0.3 is 0 Å². The summed E-state index contributed by atoms with van der Waals surface area (Å²) in [6, 6.07) is 17.2. The fourth-order valence-corrected chi connectivity index (χ4v) is 2.52. The fraction of sp³-hybridized carbons (Fsp3) is 0.100. The fourth-order valence-electron chi connectivity index (χ4n) is 2.52. The molecular weight excluding hydrogens is 322 g/mol. The summed E-state index contributed by atoms with van der Waals surface area (Å²) in [6.45, 7) is -0.584. The van der Waals surface area contributed by atoms with Gasteiger partial charge in [0.25, 0.3) is 5.91 Å². The van der Waals surface area contributed by atoms with E-state index in [1.165, 1.54) is 18.3 Å². The number of rotatable bonds is 5. The molecule has 0 saturated heterocycles. The minimum absolute atomic E-state index is 0.111. The highest BCUT2D eigenvalue weighted by Gasteiger charge is 2.22. The van der Waals surface area contributed by atoms with Crippen molar-refractivity contribution in [3.8, 4) is 0 Å². The van der Waals surface area contributed by atoms with Crippen LogP contribution in [0.4, 0.5) is 8.78 Å². The number of carbonyl (C=O) groups excluding carboxylic acids is 1. The van der Waals surface area contributed by atoms with E-state index in [0.717, 1.165) is 0 Å². The Morgan fingerprint density at radius 1 is 1.00 bits per heavy atom. The molecule has 2 aromatic carbocycles. The predicted octanol–water partition coefficient (Wildman–Crippen LogP) is 4.21. The zero-order valence-electron chi connectivity index (χ0n) is 13.3. The van der Waals surface area contributed by atoms with E-state index >= 15 is 0 Å². The summed E-state index contributed by atoms with van der Waals surface area (Å²) >= 11 is 0. The third-order valence-electron chi connectivity index (χ3n) is 3.84. The van der Waals surface area contributed by atoms with Crippen LogP contribution in [0.15, 0.2) is 72.9 Å². The molecule has 3 aromatic rings. The molecular formula is C20H16F2N2O. The maximum atomic E-state index is 14.2. The lowest BCUT2D eigenvalue weighted by Crippen LogP contribution is -2.30. The van der Waals surface area contributed by atoms with Crippen molar-refractivity contribution < 1.29 is 13.6 Å². The van der Waals surface area contributed by atoms with Crippen molar-refractivity contribution in [2.75, 3.05) is 0 Å². The van der Waals surface area contributed by atoms with Crippen LogP contribution in [-0.2, 0) is 6.67 Å². The maximum Gasteiger partial charge on any atom is 0.252 e. The molecule has 1 N–H and O–H groups in total. The molecule has 0 aliphatic rings. The first-order chi connectivity index (χ1) is 12.2. The molecule has 0 unspecified atom stereocenters. The van der Waals surface area contributed by atoms with Gasteiger partial charge in [-0.05, 0) is 35.4 Å². The average molecular weight is 338 g/mol. The molecule has 3 rings (SSSR count). The Kier molecular flexibility index (Phi) is 5.14. The van der Waals surface area contributed by atoms with Crippen molar-refractivity contribution in [2.45, 2.75) is 12.7 Å². The molecule has 0 bridgehead atoms. The number of halogens is 2. The molecule has 1 amide bonds. The van der Waals surface area contributed by atoms with Gasteiger partial charge in [0, 0.05) is 11.8 Å². The molecule has 1 atom stereocenters. The first-order valence-electron chi connectivity index (χ1n) is 7.80. The first-order valence-corrected chi connectivity index (χ1v) is 7.80. The highest BCUT2D eigenvalue weighted by atomic mass is 19.1. The number of carbonyl (C=O) groups is 1. The Morgan fingerprint density at radius 3 is 2.36 bits per heavy atom. The Labute approximate surface area is 144 Å². The van der Waals surface area contributed by atoms with E-state index < -0.39 is 18.5 Å². The van der Waals surface area contributed by atoms with E-state index in [-0.39, 0.29) is 11.6 Å². The number of amides is 1. The second kappa shape index (κ2) is 7.66. The molecule has 126 valence electrons. The Hall–Kier alpha value is -3.08. The molecule has 0 aliphatic heterocycles. The van der Waals surface area contributed by atoms with Crippen LogP contribution in [0.5, 0.6) is 0 Å². The minimum Gasteiger partial charge on any atom is -0.339 e. The largest absolute Gasteiger partial charge is 0.339 e. The summed E-state index contributed by atoms with van der Waals surface area (Å²) < 4.78 is 27.0. The molecule has 3 nitrogen and oxygen atoms in total. The van der Waals surface area contributed by atoms with Gasteiger partial charge in [-0.2, -0.15) is 0 Å². The molecule has 0 fully saturated rings. The smallest absolute Gasteiger partial charge is 0.252 e. The van der Waals surface area contributed by atoms with E-state index in [4.69, 9.17) is 0 Å². The summed E-state index contributed by atoms with van der Waals surface area (Å²) in [5.74, 6) is -0.861. The van der Waals surface area contributed by atoms with Gasteiger partial charge in [-0.1, -0.05) is 42.5 Å². The monoisotopic (exact) mass is 338 g/mol. The maximum absolute atomic E-state index is 14.2. The third-order valence-corrected chi connectivity index (χ3v) is 3.84. The summed E-state index contributed by atoms with van der Waals surface area (Å²) in [4.78, 5) is 16.6. The summed E-state index contributed by atoms with van der Waals surface area (Å²) in [5.41, 5.74) is 1.71. The number of alkyl halides is 1. The Morgan fingerprint density at radius 2 is 1.72 bits per heavy atom. The zero-order valence-corrected chi connectivity index (χ0v) is 13.3. The number of nitrogens with one attached hydrogen (secondary N) is 1. The molecule has 0 aliphatic carbocycles. The van der Waals surface area contributed by atoms with E-state index in [1.54, 1.807) is 48.5 Å². The van der Waals surface area contributed by atoms with Gasteiger partial charge in [-0.3, -0.25) is 9.78 Å². The molecule has 1 aromatic heterocycles. The minimum atomic E-state index is -0.775. The Balaban J connectivity index is 1.97. The highest BCUT2D eigenvalue weighted by Crippen LogP contribution is 2.24. The lowest BCUT2D eigenvalue weighted by Gasteiger charge is -2.19. The van der Waals surface area contributed by atoms with Crippen molar-refractivity contribution in [1.29, 1.82) is 0 Å². The number of hydrogen-bond donors (Lipinski definition) is 1. The molecule has 0 spiro atoms. The SMILES string of the molecule is O=C(N[C@@H](c1ccc(CF)cc1)c1ncccc1F)c1ccccc1. The van der Waals surface area contributed by atoms with Crippen LogP contribution in [0, 0.1) is 5.82 Å². The van der Waals surface area contributed by atoms with E-state index in [9.17, 15) is 13.6 Å². The normalized spacial score (nSPS) is 11.8. The second-order valence-corrected chi connectivity index (χ2v) is 5.52. The van der Waals surface area contributed by atoms with Gasteiger partial charge in [0.05, 0.1) is 6.04 Å². The summed E-state index contributed by atoms with van der Waals surface area (Å²) in [6.07, 6.45) is 1.47. The van der Waals surface area contributed by atoms with Crippen LogP contribution in [0.1, 0.15) is 33.2 Å². The van der Waals surface area contributed by atoms with E-state index in [2.05, 4.69) is 10.3 Å². The van der Waals surface area contributed by atoms with Crippen molar-refractivity contribution >= 4 is 5.91 Å². The van der Waals surface area contributed by atoms with Gasteiger partial charge in [0.2, 0.25) is 0 Å². The summed E-state index contributed by atoms with van der Waals surface area (Å²) in [5, 5.41) is 2.81. The molecule has 25 heavy (non-hydrogen) atoms. The van der Waals surface area contributed by atoms with Gasteiger partial charge in [0.15, 0.2) is 0 Å². The van der Waals surface area contributed by atoms with Crippen LogP contribution in [0.25, 0.3) is 0 Å². The molecule has 1 heterocycles. The molecule has 0 radical (unpaired) electrons. The quantitative estimate of drug-likeness (QED) is 0.757. The third kappa shape index (κ3) is 3.88. The van der Waals surface area contributed by atoms with Gasteiger partial charge in [-0.15, -0.1) is 0 Å². The predicted molar refractivity (Wildman–Crippen MR) is 91.2 cm³/mol. The van der Waals surface area contributed by atoms with Crippen LogP contribution < -0.4 is 5.32 Å². The van der Waals surface area contributed by atoms with Crippen molar-refractivity contribution in [2.24, 2.45) is 0 Å². The van der Waals surface area contributed by atoms with Crippen molar-refractivity contribution in [3.63, 3.8) is 0 Å². The number of nitrogens with zero attached hydrogens (tertiary/aromatic N) is 1. The van der Waals surface area contributed by atoms with E-state index in [0.29, 0.717) is 16.7 Å². The van der Waals surface area contributed by atoms with Gasteiger partial charge in [-0.25, -0.2) is 8.78 Å². The standard InChI is InChI=1S/C20H16F2N2O/c21-13-14-8-10-15(11-9-14)18(19-17(22)7-4-12-23-19)24-20(25)16-5-2-1-3-6-16/h1-12,18H,13H2,(H,24,25)/t18-/m0/s1. The highest BCUT2D eigenvalue weighted by molar-refractivity contribution is 5.94. The number of aromatic nitrogens is 1. The van der Waals surface area contributed by atoms with Crippen LogP contribution >= 0.6 is 0 Å². The number of benzene rings is 2. The van der Waals surface area contributed by atoms with Crippen LogP contribution in [0.2, 0.25) is 0 Å². The second-order valence-electron chi connectivity index (χ2n) is 5.52.